The molecule has 1 saturated heterocycles. The quantitative estimate of drug-likeness (QED) is 0.834. The van der Waals surface area contributed by atoms with Crippen LogP contribution in [0.4, 0.5) is 0 Å². The molecule has 0 aromatic carbocycles. The molecule has 0 radical (unpaired) electrons. The molecule has 1 fully saturated rings. The van der Waals surface area contributed by atoms with E-state index in [0.717, 1.165) is 5.82 Å². The Hall–Kier alpha value is -0.980. The van der Waals surface area contributed by atoms with E-state index >= 15 is 0 Å². The molecule has 1 aromatic rings. The lowest BCUT2D eigenvalue weighted by Crippen LogP contribution is -2.49. The maximum absolute atomic E-state index is 10.4. The molecule has 0 aliphatic carbocycles. The Balaban J connectivity index is 2.11. The van der Waals surface area contributed by atoms with Gasteiger partial charge in [-0.15, -0.1) is 0 Å². The molecule has 2 heterocycles. The monoisotopic (exact) mass is 269 g/mol. The van der Waals surface area contributed by atoms with Gasteiger partial charge in [-0.2, -0.15) is 5.10 Å². The number of aromatic nitrogens is 3. The molecule has 108 valence electrons. The summed E-state index contributed by atoms with van der Waals surface area (Å²) in [5, 5.41) is 24.9. The van der Waals surface area contributed by atoms with Gasteiger partial charge in [0.25, 0.3) is 0 Å². The van der Waals surface area contributed by atoms with Crippen molar-refractivity contribution >= 4 is 0 Å². The summed E-state index contributed by atoms with van der Waals surface area (Å²) < 4.78 is 6.90. The summed E-state index contributed by atoms with van der Waals surface area (Å²) in [6.45, 7) is 7.35. The highest BCUT2D eigenvalue weighted by Gasteiger charge is 2.38. The first-order valence-electron chi connectivity index (χ1n) is 6.69. The normalized spacial score (nSPS) is 21.3. The van der Waals surface area contributed by atoms with E-state index in [1.54, 1.807) is 4.68 Å². The van der Waals surface area contributed by atoms with Crippen molar-refractivity contribution in [1.82, 2.24) is 14.8 Å². The highest BCUT2D eigenvalue weighted by Crippen LogP contribution is 2.26. The van der Waals surface area contributed by atoms with Crippen LogP contribution < -0.4 is 0 Å². The van der Waals surface area contributed by atoms with E-state index in [2.05, 4.69) is 10.1 Å². The Morgan fingerprint density at radius 3 is 2.63 bits per heavy atom. The summed E-state index contributed by atoms with van der Waals surface area (Å²) >= 11 is 0. The second kappa shape index (κ2) is 5.19. The van der Waals surface area contributed by atoms with E-state index in [9.17, 15) is 10.2 Å². The molecule has 1 atom stereocenters. The molecule has 1 aliphatic heterocycles. The van der Waals surface area contributed by atoms with E-state index < -0.39 is 11.7 Å². The predicted molar refractivity (Wildman–Crippen MR) is 69.7 cm³/mol. The maximum atomic E-state index is 10.4. The predicted octanol–water partition coefficient (Wildman–Crippen LogP) is 0.478. The molecule has 2 N–H and O–H groups in total. The Morgan fingerprint density at radius 1 is 1.42 bits per heavy atom. The van der Waals surface area contributed by atoms with E-state index in [-0.39, 0.29) is 12.0 Å². The number of hydrogen-bond acceptors (Lipinski definition) is 5. The average Bonchev–Trinajstić information content (AvgIpc) is 2.78. The van der Waals surface area contributed by atoms with Crippen LogP contribution in [0.3, 0.4) is 0 Å². The van der Waals surface area contributed by atoms with Gasteiger partial charge in [-0.25, -0.2) is 9.67 Å². The molecular formula is C13H23N3O3. The van der Waals surface area contributed by atoms with Crippen molar-refractivity contribution in [1.29, 1.82) is 0 Å². The molecule has 6 heteroatoms. The molecule has 1 aromatic heterocycles. The first-order valence-corrected chi connectivity index (χ1v) is 6.69. The van der Waals surface area contributed by atoms with Crippen LogP contribution in [0.2, 0.25) is 0 Å². The van der Waals surface area contributed by atoms with Crippen molar-refractivity contribution < 1.29 is 14.9 Å². The van der Waals surface area contributed by atoms with Crippen LogP contribution in [0.5, 0.6) is 0 Å². The smallest absolute Gasteiger partial charge is 0.138 e. The van der Waals surface area contributed by atoms with E-state index in [1.807, 2.05) is 20.8 Å². The SMILES string of the molecule is CC(C)(C)c1ncnn1CC(O)C1(O)CCOCC1. The van der Waals surface area contributed by atoms with Gasteiger partial charge < -0.3 is 14.9 Å². The third kappa shape index (κ3) is 3.13. The van der Waals surface area contributed by atoms with Crippen molar-refractivity contribution in [2.24, 2.45) is 0 Å². The largest absolute Gasteiger partial charge is 0.388 e. The standard InChI is InChI=1S/C13H23N3O3/c1-12(2,3)11-14-9-15-16(11)8-10(17)13(18)4-6-19-7-5-13/h9-10,17-18H,4-8H2,1-3H3. The average molecular weight is 269 g/mol. The number of nitrogens with zero attached hydrogens (tertiary/aromatic N) is 3. The van der Waals surface area contributed by atoms with Gasteiger partial charge in [0.1, 0.15) is 18.3 Å². The lowest BCUT2D eigenvalue weighted by Gasteiger charge is -2.36. The highest BCUT2D eigenvalue weighted by molar-refractivity contribution is 5.01. The highest BCUT2D eigenvalue weighted by atomic mass is 16.5. The number of ether oxygens (including phenoxy) is 1. The first kappa shape index (κ1) is 14.4. The number of aliphatic hydroxyl groups excluding tert-OH is 1. The van der Waals surface area contributed by atoms with E-state index in [0.29, 0.717) is 26.1 Å². The van der Waals surface area contributed by atoms with Gasteiger partial charge in [0.2, 0.25) is 0 Å². The number of aliphatic hydroxyl groups is 2. The third-order valence-corrected chi connectivity index (χ3v) is 3.61. The Bertz CT molecular complexity index is 419. The van der Waals surface area contributed by atoms with Gasteiger partial charge in [0.05, 0.1) is 12.1 Å². The zero-order valence-electron chi connectivity index (χ0n) is 11.8. The molecule has 0 amide bonds. The molecular weight excluding hydrogens is 246 g/mol. The second-order valence-corrected chi connectivity index (χ2v) is 6.25. The van der Waals surface area contributed by atoms with E-state index in [4.69, 9.17) is 4.74 Å². The topological polar surface area (TPSA) is 80.4 Å². The molecule has 0 bridgehead atoms. The zero-order valence-corrected chi connectivity index (χ0v) is 11.8. The fourth-order valence-corrected chi connectivity index (χ4v) is 2.37. The lowest BCUT2D eigenvalue weighted by atomic mass is 9.88. The molecule has 0 spiro atoms. The summed E-state index contributed by atoms with van der Waals surface area (Å²) in [5.41, 5.74) is -1.23. The molecule has 2 rings (SSSR count). The van der Waals surface area contributed by atoms with Crippen molar-refractivity contribution in [3.8, 4) is 0 Å². The van der Waals surface area contributed by atoms with Crippen LogP contribution in [0.1, 0.15) is 39.4 Å². The fourth-order valence-electron chi connectivity index (χ4n) is 2.37. The van der Waals surface area contributed by atoms with Gasteiger partial charge >= 0.3 is 0 Å². The zero-order chi connectivity index (χ0) is 14.1. The van der Waals surface area contributed by atoms with Crippen molar-refractivity contribution in [2.45, 2.75) is 57.3 Å². The molecule has 19 heavy (non-hydrogen) atoms. The minimum absolute atomic E-state index is 0.144. The third-order valence-electron chi connectivity index (χ3n) is 3.61. The Morgan fingerprint density at radius 2 is 2.05 bits per heavy atom. The van der Waals surface area contributed by atoms with Gasteiger partial charge in [-0.05, 0) is 0 Å². The van der Waals surface area contributed by atoms with Crippen molar-refractivity contribution in [3.05, 3.63) is 12.2 Å². The van der Waals surface area contributed by atoms with Gasteiger partial charge in [-0.3, -0.25) is 0 Å². The summed E-state index contributed by atoms with van der Waals surface area (Å²) in [6.07, 6.45) is 1.53. The van der Waals surface area contributed by atoms with Crippen molar-refractivity contribution in [3.63, 3.8) is 0 Å². The van der Waals surface area contributed by atoms with Crippen LogP contribution in [0.25, 0.3) is 0 Å². The van der Waals surface area contributed by atoms with Crippen LogP contribution >= 0.6 is 0 Å². The second-order valence-electron chi connectivity index (χ2n) is 6.25. The van der Waals surface area contributed by atoms with Crippen LogP contribution in [0, 0.1) is 0 Å². The summed E-state index contributed by atoms with van der Waals surface area (Å²) in [4.78, 5) is 4.24. The molecule has 1 aliphatic rings. The number of hydrogen-bond donors (Lipinski definition) is 2. The Labute approximate surface area is 113 Å². The minimum Gasteiger partial charge on any atom is -0.388 e. The van der Waals surface area contributed by atoms with Gasteiger partial charge in [-0.1, -0.05) is 20.8 Å². The first-order chi connectivity index (χ1) is 8.83. The van der Waals surface area contributed by atoms with Gasteiger partial charge in [0, 0.05) is 31.5 Å². The summed E-state index contributed by atoms with van der Waals surface area (Å²) in [5.74, 6) is 0.808. The Kier molecular flexibility index (Phi) is 3.94. The van der Waals surface area contributed by atoms with Crippen LogP contribution in [-0.4, -0.2) is 49.9 Å². The molecule has 0 saturated carbocycles. The summed E-state index contributed by atoms with van der Waals surface area (Å²) in [6, 6.07) is 0. The van der Waals surface area contributed by atoms with Crippen molar-refractivity contribution in [2.75, 3.05) is 13.2 Å². The molecule has 1 unspecified atom stereocenters. The van der Waals surface area contributed by atoms with Crippen LogP contribution in [0.15, 0.2) is 6.33 Å². The van der Waals surface area contributed by atoms with Crippen LogP contribution in [-0.2, 0) is 16.7 Å². The maximum Gasteiger partial charge on any atom is 0.138 e. The van der Waals surface area contributed by atoms with Gasteiger partial charge in [0.15, 0.2) is 0 Å². The molecule has 6 nitrogen and oxygen atoms in total. The fraction of sp³-hybridized carbons (Fsp3) is 0.846. The summed E-state index contributed by atoms with van der Waals surface area (Å²) in [7, 11) is 0. The number of rotatable bonds is 3. The lowest BCUT2D eigenvalue weighted by molar-refractivity contribution is -0.136. The minimum atomic E-state index is -1.08. The van der Waals surface area contributed by atoms with E-state index in [1.165, 1.54) is 6.33 Å².